The standard InChI is InChI=1S/C8H16BrNO/c9-4-5-10-7-8-3-1-2-6-11-8/h8,10H,1-7H2. The van der Waals surface area contributed by atoms with Crippen molar-refractivity contribution in [3.8, 4) is 0 Å². The highest BCUT2D eigenvalue weighted by Gasteiger charge is 2.12. The first-order chi connectivity index (χ1) is 5.43. The first kappa shape index (κ1) is 9.49. The van der Waals surface area contributed by atoms with Gasteiger partial charge in [-0.1, -0.05) is 15.9 Å². The van der Waals surface area contributed by atoms with Crippen molar-refractivity contribution in [3.05, 3.63) is 0 Å². The van der Waals surface area contributed by atoms with Crippen molar-refractivity contribution in [1.29, 1.82) is 0 Å². The molecule has 11 heavy (non-hydrogen) atoms. The van der Waals surface area contributed by atoms with Gasteiger partial charge in [-0.3, -0.25) is 0 Å². The molecule has 1 aliphatic rings. The molecule has 66 valence electrons. The maximum Gasteiger partial charge on any atom is 0.0699 e. The lowest BCUT2D eigenvalue weighted by Crippen LogP contribution is -2.32. The minimum absolute atomic E-state index is 0.475. The molecule has 0 aliphatic carbocycles. The Morgan fingerprint density at radius 3 is 3.00 bits per heavy atom. The van der Waals surface area contributed by atoms with Gasteiger partial charge in [-0.2, -0.15) is 0 Å². The Hall–Kier alpha value is 0.400. The third kappa shape index (κ3) is 4.09. The van der Waals surface area contributed by atoms with Crippen LogP contribution in [-0.2, 0) is 4.74 Å². The van der Waals surface area contributed by atoms with Gasteiger partial charge in [0.25, 0.3) is 0 Å². The van der Waals surface area contributed by atoms with Gasteiger partial charge >= 0.3 is 0 Å². The van der Waals surface area contributed by atoms with Crippen molar-refractivity contribution in [2.45, 2.75) is 25.4 Å². The highest BCUT2D eigenvalue weighted by Crippen LogP contribution is 2.11. The number of alkyl halides is 1. The van der Waals surface area contributed by atoms with E-state index in [0.29, 0.717) is 6.10 Å². The van der Waals surface area contributed by atoms with Crippen molar-refractivity contribution in [1.82, 2.24) is 5.32 Å². The van der Waals surface area contributed by atoms with Crippen LogP contribution in [0.3, 0.4) is 0 Å². The predicted molar refractivity (Wildman–Crippen MR) is 50.3 cm³/mol. The molecule has 0 bridgehead atoms. The molecular weight excluding hydrogens is 206 g/mol. The SMILES string of the molecule is BrCCNCC1CCCCO1. The summed E-state index contributed by atoms with van der Waals surface area (Å²) >= 11 is 3.37. The van der Waals surface area contributed by atoms with E-state index in [1.165, 1.54) is 19.3 Å². The van der Waals surface area contributed by atoms with E-state index in [2.05, 4.69) is 21.2 Å². The monoisotopic (exact) mass is 221 g/mol. The molecule has 1 atom stereocenters. The van der Waals surface area contributed by atoms with E-state index in [1.807, 2.05) is 0 Å². The lowest BCUT2D eigenvalue weighted by atomic mass is 10.1. The van der Waals surface area contributed by atoms with Gasteiger partial charge in [0, 0.05) is 25.0 Å². The fraction of sp³-hybridized carbons (Fsp3) is 1.00. The van der Waals surface area contributed by atoms with Crippen LogP contribution < -0.4 is 5.32 Å². The van der Waals surface area contributed by atoms with E-state index in [4.69, 9.17) is 4.74 Å². The smallest absolute Gasteiger partial charge is 0.0699 e. The average molecular weight is 222 g/mol. The van der Waals surface area contributed by atoms with Crippen LogP contribution >= 0.6 is 15.9 Å². The highest BCUT2D eigenvalue weighted by atomic mass is 79.9. The topological polar surface area (TPSA) is 21.3 Å². The Labute approximate surface area is 76.8 Å². The first-order valence-corrected chi connectivity index (χ1v) is 5.44. The van der Waals surface area contributed by atoms with Crippen molar-refractivity contribution < 1.29 is 4.74 Å². The fourth-order valence-corrected chi connectivity index (χ4v) is 1.58. The van der Waals surface area contributed by atoms with Crippen molar-refractivity contribution in [3.63, 3.8) is 0 Å². The molecule has 0 aromatic heterocycles. The number of rotatable bonds is 4. The summed E-state index contributed by atoms with van der Waals surface area (Å²) in [6, 6.07) is 0. The molecule has 1 rings (SSSR count). The van der Waals surface area contributed by atoms with Crippen LogP contribution in [0.25, 0.3) is 0 Å². The van der Waals surface area contributed by atoms with Crippen molar-refractivity contribution in [2.24, 2.45) is 0 Å². The van der Waals surface area contributed by atoms with E-state index in [1.54, 1.807) is 0 Å². The Morgan fingerprint density at radius 2 is 2.36 bits per heavy atom. The van der Waals surface area contributed by atoms with Gasteiger partial charge in [0.1, 0.15) is 0 Å². The molecule has 0 aromatic carbocycles. The number of ether oxygens (including phenoxy) is 1. The average Bonchev–Trinajstić information content (AvgIpc) is 2.07. The van der Waals surface area contributed by atoms with Gasteiger partial charge in [0.15, 0.2) is 0 Å². The van der Waals surface area contributed by atoms with Gasteiger partial charge < -0.3 is 10.1 Å². The Kier molecular flexibility index (Phi) is 5.15. The molecule has 3 heteroatoms. The second kappa shape index (κ2) is 5.98. The summed E-state index contributed by atoms with van der Waals surface area (Å²) in [6.07, 6.45) is 4.29. The van der Waals surface area contributed by atoms with Crippen LogP contribution in [0.5, 0.6) is 0 Å². The molecular formula is C8H16BrNO. The van der Waals surface area contributed by atoms with Gasteiger partial charge in [0.2, 0.25) is 0 Å². The van der Waals surface area contributed by atoms with E-state index in [0.717, 1.165) is 25.0 Å². The van der Waals surface area contributed by atoms with Crippen LogP contribution in [0, 0.1) is 0 Å². The van der Waals surface area contributed by atoms with E-state index in [-0.39, 0.29) is 0 Å². The Bertz CT molecular complexity index is 94.1. The second-order valence-corrected chi connectivity index (χ2v) is 3.67. The van der Waals surface area contributed by atoms with E-state index >= 15 is 0 Å². The molecule has 0 radical (unpaired) electrons. The number of halogens is 1. The fourth-order valence-electron chi connectivity index (χ4n) is 1.30. The maximum atomic E-state index is 5.55. The zero-order valence-electron chi connectivity index (χ0n) is 6.81. The van der Waals surface area contributed by atoms with Crippen molar-refractivity contribution >= 4 is 15.9 Å². The zero-order chi connectivity index (χ0) is 7.94. The summed E-state index contributed by atoms with van der Waals surface area (Å²) in [5.74, 6) is 0. The summed E-state index contributed by atoms with van der Waals surface area (Å²) in [7, 11) is 0. The molecule has 1 unspecified atom stereocenters. The zero-order valence-corrected chi connectivity index (χ0v) is 8.40. The minimum Gasteiger partial charge on any atom is -0.377 e. The molecule has 1 aliphatic heterocycles. The summed E-state index contributed by atoms with van der Waals surface area (Å²) in [5, 5.41) is 4.36. The minimum atomic E-state index is 0.475. The summed E-state index contributed by atoms with van der Waals surface area (Å²) in [5.41, 5.74) is 0. The molecule has 1 heterocycles. The van der Waals surface area contributed by atoms with Crippen LogP contribution in [0.4, 0.5) is 0 Å². The highest BCUT2D eigenvalue weighted by molar-refractivity contribution is 9.09. The normalized spacial score (nSPS) is 25.4. The predicted octanol–water partition coefficient (Wildman–Crippen LogP) is 1.54. The second-order valence-electron chi connectivity index (χ2n) is 2.88. The Balaban J connectivity index is 1.96. The van der Waals surface area contributed by atoms with Crippen molar-refractivity contribution in [2.75, 3.05) is 25.0 Å². The van der Waals surface area contributed by atoms with E-state index in [9.17, 15) is 0 Å². The lowest BCUT2D eigenvalue weighted by Gasteiger charge is -2.22. The first-order valence-electron chi connectivity index (χ1n) is 4.32. The van der Waals surface area contributed by atoms with Crippen LogP contribution in [0.2, 0.25) is 0 Å². The van der Waals surface area contributed by atoms with Gasteiger partial charge in [0.05, 0.1) is 6.10 Å². The molecule has 0 saturated carbocycles. The maximum absolute atomic E-state index is 5.55. The molecule has 1 fully saturated rings. The number of hydrogen-bond donors (Lipinski definition) is 1. The molecule has 1 saturated heterocycles. The largest absolute Gasteiger partial charge is 0.377 e. The number of hydrogen-bond acceptors (Lipinski definition) is 2. The third-order valence-corrected chi connectivity index (χ3v) is 2.31. The lowest BCUT2D eigenvalue weighted by molar-refractivity contribution is 0.0173. The van der Waals surface area contributed by atoms with Gasteiger partial charge in [-0.25, -0.2) is 0 Å². The summed E-state index contributed by atoms with van der Waals surface area (Å²) in [4.78, 5) is 0. The molecule has 2 nitrogen and oxygen atoms in total. The quantitative estimate of drug-likeness (QED) is 0.575. The summed E-state index contributed by atoms with van der Waals surface area (Å²) < 4.78 is 5.55. The Morgan fingerprint density at radius 1 is 1.45 bits per heavy atom. The number of nitrogens with one attached hydrogen (secondary N) is 1. The summed E-state index contributed by atoms with van der Waals surface area (Å²) in [6.45, 7) is 3.02. The van der Waals surface area contributed by atoms with E-state index < -0.39 is 0 Å². The van der Waals surface area contributed by atoms with Gasteiger partial charge in [-0.05, 0) is 19.3 Å². The third-order valence-electron chi connectivity index (χ3n) is 1.92. The molecule has 0 amide bonds. The van der Waals surface area contributed by atoms with Crippen LogP contribution in [0.15, 0.2) is 0 Å². The van der Waals surface area contributed by atoms with Crippen LogP contribution in [-0.4, -0.2) is 31.1 Å². The molecule has 0 spiro atoms. The molecule has 0 aromatic rings. The van der Waals surface area contributed by atoms with Gasteiger partial charge in [-0.15, -0.1) is 0 Å². The molecule has 1 N–H and O–H groups in total. The van der Waals surface area contributed by atoms with Crippen LogP contribution in [0.1, 0.15) is 19.3 Å².